The fraction of sp³-hybridized carbons (Fsp3) is 0.650. The molecule has 7 nitrogen and oxygen atoms in total. The molecule has 0 bridgehead atoms. The van der Waals surface area contributed by atoms with E-state index in [4.69, 9.17) is 4.74 Å². The Bertz CT molecular complexity index is 638. The summed E-state index contributed by atoms with van der Waals surface area (Å²) in [5, 5.41) is 17.5. The molecular formula is C20H32N4O3. The van der Waals surface area contributed by atoms with Crippen molar-refractivity contribution in [2.75, 3.05) is 19.7 Å². The van der Waals surface area contributed by atoms with Crippen molar-refractivity contribution in [1.29, 1.82) is 0 Å². The second-order valence-corrected chi connectivity index (χ2v) is 8.06. The van der Waals surface area contributed by atoms with Crippen LogP contribution in [0.15, 0.2) is 29.3 Å². The van der Waals surface area contributed by atoms with Gasteiger partial charge in [0.05, 0.1) is 17.6 Å². The molecule has 1 aliphatic rings. The third-order valence-electron chi connectivity index (χ3n) is 4.74. The number of hydrogen-bond acceptors (Lipinski definition) is 4. The van der Waals surface area contributed by atoms with Gasteiger partial charge in [0, 0.05) is 37.7 Å². The first-order valence-corrected chi connectivity index (χ1v) is 9.68. The van der Waals surface area contributed by atoms with Crippen LogP contribution in [0.1, 0.15) is 46.1 Å². The van der Waals surface area contributed by atoms with E-state index in [0.717, 1.165) is 44.1 Å². The highest BCUT2D eigenvalue weighted by Gasteiger charge is 2.35. The number of nitrogens with zero attached hydrogens (tertiary/aromatic N) is 2. The summed E-state index contributed by atoms with van der Waals surface area (Å²) in [4.78, 5) is 15.0. The van der Waals surface area contributed by atoms with Gasteiger partial charge in [0.2, 0.25) is 0 Å². The summed E-state index contributed by atoms with van der Waals surface area (Å²) in [6, 6.07) is 6.52. The monoisotopic (exact) mass is 376 g/mol. The van der Waals surface area contributed by atoms with Crippen molar-refractivity contribution in [2.45, 2.75) is 53.2 Å². The van der Waals surface area contributed by atoms with E-state index < -0.39 is 4.92 Å². The molecule has 7 heteroatoms. The highest BCUT2D eigenvalue weighted by molar-refractivity contribution is 5.79. The van der Waals surface area contributed by atoms with E-state index in [-0.39, 0.29) is 17.2 Å². The molecule has 1 aromatic carbocycles. The molecule has 1 fully saturated rings. The van der Waals surface area contributed by atoms with E-state index in [1.54, 1.807) is 12.1 Å². The van der Waals surface area contributed by atoms with Crippen LogP contribution in [-0.4, -0.2) is 36.7 Å². The minimum absolute atomic E-state index is 0.0956. The molecule has 2 rings (SSSR count). The number of guanidine groups is 1. The van der Waals surface area contributed by atoms with Gasteiger partial charge in [-0.1, -0.05) is 32.9 Å². The van der Waals surface area contributed by atoms with Crippen LogP contribution in [0.3, 0.4) is 0 Å². The van der Waals surface area contributed by atoms with Crippen LogP contribution in [0.5, 0.6) is 0 Å². The Morgan fingerprint density at radius 3 is 2.59 bits per heavy atom. The molecule has 1 heterocycles. The summed E-state index contributed by atoms with van der Waals surface area (Å²) in [6.45, 7) is 11.6. The molecule has 1 aliphatic heterocycles. The zero-order chi connectivity index (χ0) is 19.9. The van der Waals surface area contributed by atoms with E-state index in [0.29, 0.717) is 12.5 Å². The van der Waals surface area contributed by atoms with Gasteiger partial charge in [-0.05, 0) is 30.7 Å². The summed E-state index contributed by atoms with van der Waals surface area (Å²) in [5.41, 5.74) is 1.14. The lowest BCUT2D eigenvalue weighted by Gasteiger charge is -2.40. The van der Waals surface area contributed by atoms with E-state index in [1.165, 1.54) is 12.1 Å². The minimum atomic E-state index is -0.392. The molecule has 0 aliphatic carbocycles. The largest absolute Gasteiger partial charge is 0.377 e. The lowest BCUT2D eigenvalue weighted by atomic mass is 9.78. The van der Waals surface area contributed by atoms with Crippen molar-refractivity contribution in [3.8, 4) is 0 Å². The average molecular weight is 377 g/mol. The fourth-order valence-corrected chi connectivity index (χ4v) is 3.47. The van der Waals surface area contributed by atoms with Crippen LogP contribution in [0.2, 0.25) is 0 Å². The Hall–Kier alpha value is -2.15. The molecule has 150 valence electrons. The van der Waals surface area contributed by atoms with E-state index in [1.807, 2.05) is 6.92 Å². The highest BCUT2D eigenvalue weighted by Crippen LogP contribution is 2.33. The molecule has 1 aromatic rings. The molecule has 0 saturated carbocycles. The summed E-state index contributed by atoms with van der Waals surface area (Å²) in [6.07, 6.45) is 2.47. The van der Waals surface area contributed by atoms with Crippen molar-refractivity contribution >= 4 is 11.6 Å². The third-order valence-corrected chi connectivity index (χ3v) is 4.74. The number of aliphatic imine (C=N–C) groups is 1. The van der Waals surface area contributed by atoms with Gasteiger partial charge in [-0.3, -0.25) is 10.1 Å². The van der Waals surface area contributed by atoms with Crippen molar-refractivity contribution < 1.29 is 9.66 Å². The number of non-ortho nitro benzene ring substituents is 1. The summed E-state index contributed by atoms with van der Waals surface area (Å²) in [7, 11) is 0. The van der Waals surface area contributed by atoms with Crippen LogP contribution in [-0.2, 0) is 11.3 Å². The Morgan fingerprint density at radius 2 is 2.00 bits per heavy atom. The standard InChI is InChI=1S/C20H32N4O3/c1-5-21-19(22-13-15-8-10-17(11-9-15)24(25)26)23-14-16-7-6-12-27-18(16)20(2,3)4/h8-11,16,18H,5-7,12-14H2,1-4H3,(H2,21,22,23). The minimum Gasteiger partial charge on any atom is -0.377 e. The third kappa shape index (κ3) is 6.50. The average Bonchev–Trinajstić information content (AvgIpc) is 2.64. The normalized spacial score (nSPS) is 21.0. The van der Waals surface area contributed by atoms with Gasteiger partial charge in [0.15, 0.2) is 5.96 Å². The maximum atomic E-state index is 10.7. The SMILES string of the molecule is CCNC(=NCc1ccc([N+](=O)[O-])cc1)NCC1CCCOC1C(C)(C)C. The Balaban J connectivity index is 1.97. The Morgan fingerprint density at radius 1 is 1.30 bits per heavy atom. The van der Waals surface area contributed by atoms with Crippen molar-refractivity contribution in [3.63, 3.8) is 0 Å². The lowest BCUT2D eigenvalue weighted by Crippen LogP contribution is -2.47. The number of benzene rings is 1. The molecule has 0 spiro atoms. The molecule has 27 heavy (non-hydrogen) atoms. The topological polar surface area (TPSA) is 88.8 Å². The number of nitrogens with one attached hydrogen (secondary N) is 2. The van der Waals surface area contributed by atoms with E-state index in [9.17, 15) is 10.1 Å². The number of nitro benzene ring substituents is 1. The van der Waals surface area contributed by atoms with Gasteiger partial charge in [-0.2, -0.15) is 0 Å². The Kier molecular flexibility index (Phi) is 7.59. The maximum Gasteiger partial charge on any atom is 0.269 e. The zero-order valence-electron chi connectivity index (χ0n) is 16.8. The van der Waals surface area contributed by atoms with Crippen molar-refractivity contribution in [3.05, 3.63) is 39.9 Å². The highest BCUT2D eigenvalue weighted by atomic mass is 16.6. The first kappa shape index (κ1) is 21.2. The van der Waals surface area contributed by atoms with Crippen molar-refractivity contribution in [2.24, 2.45) is 16.3 Å². The smallest absolute Gasteiger partial charge is 0.269 e. The first-order valence-electron chi connectivity index (χ1n) is 9.68. The number of ether oxygens (including phenoxy) is 1. The van der Waals surface area contributed by atoms with Gasteiger partial charge < -0.3 is 15.4 Å². The first-order chi connectivity index (χ1) is 12.8. The maximum absolute atomic E-state index is 10.7. The lowest BCUT2D eigenvalue weighted by molar-refractivity contribution is -0.384. The van der Waals surface area contributed by atoms with E-state index >= 15 is 0 Å². The summed E-state index contributed by atoms with van der Waals surface area (Å²) < 4.78 is 6.05. The predicted octanol–water partition coefficient (Wildman–Crippen LogP) is 3.49. The van der Waals surface area contributed by atoms with Crippen LogP contribution >= 0.6 is 0 Å². The molecule has 2 atom stereocenters. The molecule has 0 radical (unpaired) electrons. The molecule has 2 unspecified atom stereocenters. The van der Waals surface area contributed by atoms with Crippen LogP contribution in [0, 0.1) is 21.4 Å². The quantitative estimate of drug-likeness (QED) is 0.343. The molecule has 2 N–H and O–H groups in total. The van der Waals surface area contributed by atoms with Gasteiger partial charge in [-0.15, -0.1) is 0 Å². The zero-order valence-corrected chi connectivity index (χ0v) is 16.8. The van der Waals surface area contributed by atoms with Gasteiger partial charge in [0.25, 0.3) is 5.69 Å². The second-order valence-electron chi connectivity index (χ2n) is 8.06. The van der Waals surface area contributed by atoms with Gasteiger partial charge in [-0.25, -0.2) is 4.99 Å². The number of hydrogen-bond donors (Lipinski definition) is 2. The van der Waals surface area contributed by atoms with E-state index in [2.05, 4.69) is 36.4 Å². The van der Waals surface area contributed by atoms with Crippen LogP contribution in [0.25, 0.3) is 0 Å². The van der Waals surface area contributed by atoms with Gasteiger partial charge in [0.1, 0.15) is 0 Å². The van der Waals surface area contributed by atoms with Crippen LogP contribution in [0.4, 0.5) is 5.69 Å². The molecule has 0 aromatic heterocycles. The number of nitro groups is 1. The second kappa shape index (κ2) is 9.69. The summed E-state index contributed by atoms with van der Waals surface area (Å²) in [5.74, 6) is 1.20. The van der Waals surface area contributed by atoms with Gasteiger partial charge >= 0.3 is 0 Å². The fourth-order valence-electron chi connectivity index (χ4n) is 3.47. The predicted molar refractivity (Wildman–Crippen MR) is 108 cm³/mol. The Labute approximate surface area is 161 Å². The van der Waals surface area contributed by atoms with Crippen molar-refractivity contribution in [1.82, 2.24) is 10.6 Å². The molecule has 0 amide bonds. The number of rotatable bonds is 6. The molecule has 1 saturated heterocycles. The summed E-state index contributed by atoms with van der Waals surface area (Å²) >= 11 is 0. The van der Waals surface area contributed by atoms with Crippen LogP contribution < -0.4 is 10.6 Å². The molecular weight excluding hydrogens is 344 g/mol.